The topological polar surface area (TPSA) is 80.7 Å². The van der Waals surface area contributed by atoms with Gasteiger partial charge < -0.3 is 9.84 Å². The molecule has 0 aromatic heterocycles. The molecule has 5 nitrogen and oxygen atoms in total. The number of ether oxygens (including phenoxy) is 1. The van der Waals surface area contributed by atoms with E-state index in [9.17, 15) is 13.8 Å². The van der Waals surface area contributed by atoms with Gasteiger partial charge in [-0.2, -0.15) is 0 Å². The van der Waals surface area contributed by atoms with Crippen LogP contribution in [0.4, 0.5) is 0 Å². The fourth-order valence-electron chi connectivity index (χ4n) is 2.09. The van der Waals surface area contributed by atoms with Gasteiger partial charge in [0.2, 0.25) is 0 Å². The van der Waals surface area contributed by atoms with E-state index in [1.54, 1.807) is 6.92 Å². The van der Waals surface area contributed by atoms with Crippen LogP contribution >= 0.6 is 0 Å². The Morgan fingerprint density at radius 3 is 2.53 bits per heavy atom. The van der Waals surface area contributed by atoms with Crippen LogP contribution in [0.5, 0.6) is 0 Å². The molecule has 0 aromatic carbocycles. The van der Waals surface area contributed by atoms with Crippen molar-refractivity contribution in [3.05, 3.63) is 0 Å². The summed E-state index contributed by atoms with van der Waals surface area (Å²) in [5, 5.41) is 7.83. The number of carbonyl (C=O) groups excluding carboxylic acids is 1. The highest BCUT2D eigenvalue weighted by atomic mass is 32.2. The van der Waals surface area contributed by atoms with Crippen molar-refractivity contribution in [1.29, 1.82) is 0 Å². The van der Waals surface area contributed by atoms with Crippen molar-refractivity contribution in [3.63, 3.8) is 0 Å². The van der Waals surface area contributed by atoms with Crippen LogP contribution in [0.2, 0.25) is 0 Å². The van der Waals surface area contributed by atoms with E-state index in [1.807, 2.05) is 0 Å². The molecule has 0 aliphatic heterocycles. The lowest BCUT2D eigenvalue weighted by Crippen LogP contribution is -2.31. The fourth-order valence-corrected chi connectivity index (χ4v) is 3.15. The number of esters is 1. The smallest absolute Gasteiger partial charge is 0.321 e. The first kappa shape index (κ1) is 16.1. The number of hydrogen-bond donors (Lipinski definition) is 1. The fraction of sp³-hybridized carbons (Fsp3) is 0.846. The summed E-state index contributed by atoms with van der Waals surface area (Å²) >= 11 is 0. The molecular formula is C13H22O5S. The van der Waals surface area contributed by atoms with Gasteiger partial charge in [0.15, 0.2) is 0 Å². The molecule has 0 radical (unpaired) electrons. The molecule has 0 amide bonds. The quantitative estimate of drug-likeness (QED) is 0.724. The van der Waals surface area contributed by atoms with Crippen molar-refractivity contribution < 1.29 is 23.6 Å². The second-order valence-corrected chi connectivity index (χ2v) is 6.80. The highest BCUT2D eigenvalue weighted by Crippen LogP contribution is 2.21. The Morgan fingerprint density at radius 2 is 1.95 bits per heavy atom. The molecule has 1 aliphatic rings. The maximum atomic E-state index is 11.8. The highest BCUT2D eigenvalue weighted by molar-refractivity contribution is 7.86. The first-order valence-electron chi connectivity index (χ1n) is 6.80. The number of hydrogen-bond acceptors (Lipinski definition) is 4. The minimum absolute atomic E-state index is 0.0177. The second kappa shape index (κ2) is 8.30. The average molecular weight is 290 g/mol. The van der Waals surface area contributed by atoms with Crippen LogP contribution in [-0.2, 0) is 25.1 Å². The molecule has 0 heterocycles. The molecule has 1 fully saturated rings. The molecule has 0 bridgehead atoms. The van der Waals surface area contributed by atoms with Gasteiger partial charge in [-0.3, -0.25) is 13.8 Å². The van der Waals surface area contributed by atoms with Crippen LogP contribution in [0.1, 0.15) is 51.9 Å². The van der Waals surface area contributed by atoms with Crippen LogP contribution in [0.15, 0.2) is 0 Å². The average Bonchev–Trinajstić information content (AvgIpc) is 2.38. The van der Waals surface area contributed by atoms with Crippen LogP contribution in [0.25, 0.3) is 0 Å². The summed E-state index contributed by atoms with van der Waals surface area (Å²) in [7, 11) is -1.35. The van der Waals surface area contributed by atoms with Gasteiger partial charge in [0, 0.05) is 23.0 Å². The molecule has 2 atom stereocenters. The molecular weight excluding hydrogens is 268 g/mol. The predicted octanol–water partition coefficient (Wildman–Crippen LogP) is 1.86. The largest absolute Gasteiger partial charge is 0.481 e. The van der Waals surface area contributed by atoms with E-state index < -0.39 is 28.0 Å². The summed E-state index contributed by atoms with van der Waals surface area (Å²) in [6.07, 6.45) is 5.40. The molecule has 0 aromatic rings. The van der Waals surface area contributed by atoms with E-state index in [2.05, 4.69) is 0 Å². The molecule has 1 N–H and O–H groups in total. The lowest BCUT2D eigenvalue weighted by molar-refractivity contribution is -0.149. The Morgan fingerprint density at radius 1 is 1.32 bits per heavy atom. The Balaban J connectivity index is 2.29. The molecule has 0 saturated heterocycles. The van der Waals surface area contributed by atoms with E-state index in [-0.39, 0.29) is 18.3 Å². The van der Waals surface area contributed by atoms with Crippen LogP contribution < -0.4 is 0 Å². The second-order valence-electron chi connectivity index (χ2n) is 4.92. The lowest BCUT2D eigenvalue weighted by Gasteiger charge is -2.23. The van der Waals surface area contributed by atoms with Gasteiger partial charge in [-0.05, 0) is 39.0 Å². The zero-order chi connectivity index (χ0) is 14.3. The third kappa shape index (κ3) is 6.18. The zero-order valence-electron chi connectivity index (χ0n) is 11.3. The highest BCUT2D eigenvalue weighted by Gasteiger charge is 2.25. The lowest BCUT2D eigenvalue weighted by atomic mass is 9.98. The molecule has 110 valence electrons. The van der Waals surface area contributed by atoms with E-state index in [0.29, 0.717) is 6.42 Å². The Kier molecular flexibility index (Phi) is 7.05. The molecule has 0 spiro atoms. The van der Waals surface area contributed by atoms with Crippen molar-refractivity contribution in [2.45, 2.75) is 63.2 Å². The summed E-state index contributed by atoms with van der Waals surface area (Å²) < 4.78 is 17.2. The number of rotatable bonds is 7. The number of carboxylic acid groups (broad SMARTS) is 1. The van der Waals surface area contributed by atoms with Crippen molar-refractivity contribution in [3.8, 4) is 0 Å². The SMILES string of the molecule is CC(C(=O)OC1CCCCC1)S(=O)CCCC(=O)O. The van der Waals surface area contributed by atoms with E-state index in [1.165, 1.54) is 6.42 Å². The number of carboxylic acids is 1. The first-order valence-corrected chi connectivity index (χ1v) is 8.18. The predicted molar refractivity (Wildman–Crippen MR) is 72.3 cm³/mol. The monoisotopic (exact) mass is 290 g/mol. The molecule has 6 heteroatoms. The minimum atomic E-state index is -1.35. The molecule has 1 aliphatic carbocycles. The van der Waals surface area contributed by atoms with Gasteiger partial charge in [-0.1, -0.05) is 6.42 Å². The Bertz CT molecular complexity index is 336. The third-order valence-corrected chi connectivity index (χ3v) is 4.97. The first-order chi connectivity index (χ1) is 9.00. The van der Waals surface area contributed by atoms with Crippen molar-refractivity contribution in [2.24, 2.45) is 0 Å². The summed E-state index contributed by atoms with van der Waals surface area (Å²) in [5.74, 6) is -1.09. The van der Waals surface area contributed by atoms with Crippen molar-refractivity contribution in [1.82, 2.24) is 0 Å². The normalized spacial score (nSPS) is 19.6. The summed E-state index contributed by atoms with van der Waals surface area (Å²) in [6.45, 7) is 1.59. The maximum Gasteiger partial charge on any atom is 0.321 e. The van der Waals surface area contributed by atoms with Crippen molar-refractivity contribution >= 4 is 22.7 Å². The number of aliphatic carboxylic acids is 1. The third-order valence-electron chi connectivity index (χ3n) is 3.30. The molecule has 19 heavy (non-hydrogen) atoms. The van der Waals surface area contributed by atoms with Crippen LogP contribution in [0.3, 0.4) is 0 Å². The standard InChI is InChI=1S/C13H22O5S/c1-10(19(17)9-5-8-12(14)15)13(16)18-11-6-3-2-4-7-11/h10-11H,2-9H2,1H3,(H,14,15). The maximum absolute atomic E-state index is 11.8. The Hall–Kier alpha value is -0.910. The van der Waals surface area contributed by atoms with Crippen LogP contribution in [-0.4, -0.2) is 38.4 Å². The van der Waals surface area contributed by atoms with Gasteiger partial charge in [0.25, 0.3) is 0 Å². The zero-order valence-corrected chi connectivity index (χ0v) is 12.1. The van der Waals surface area contributed by atoms with E-state index >= 15 is 0 Å². The van der Waals surface area contributed by atoms with E-state index in [0.717, 1.165) is 25.7 Å². The van der Waals surface area contributed by atoms with Crippen LogP contribution in [0, 0.1) is 0 Å². The number of carbonyl (C=O) groups is 2. The molecule has 1 rings (SSSR count). The molecule has 2 unspecified atom stereocenters. The van der Waals surface area contributed by atoms with Gasteiger partial charge in [0.05, 0.1) is 0 Å². The van der Waals surface area contributed by atoms with Gasteiger partial charge >= 0.3 is 11.9 Å². The van der Waals surface area contributed by atoms with Gasteiger partial charge in [0.1, 0.15) is 11.4 Å². The minimum Gasteiger partial charge on any atom is -0.481 e. The van der Waals surface area contributed by atoms with Crippen molar-refractivity contribution in [2.75, 3.05) is 5.75 Å². The van der Waals surface area contributed by atoms with Gasteiger partial charge in [-0.25, -0.2) is 0 Å². The van der Waals surface area contributed by atoms with E-state index in [4.69, 9.17) is 9.84 Å². The molecule has 1 saturated carbocycles. The Labute approximate surface area is 116 Å². The summed E-state index contributed by atoms with van der Waals surface area (Å²) in [4.78, 5) is 22.2. The van der Waals surface area contributed by atoms with Gasteiger partial charge in [-0.15, -0.1) is 0 Å². The summed E-state index contributed by atoms with van der Waals surface area (Å²) in [5.41, 5.74) is 0. The summed E-state index contributed by atoms with van der Waals surface area (Å²) in [6, 6.07) is 0.